The lowest BCUT2D eigenvalue weighted by atomic mass is 10.1. The number of aromatic nitrogens is 3. The minimum atomic E-state index is -0.496. The van der Waals surface area contributed by atoms with Gasteiger partial charge in [0.25, 0.3) is 0 Å². The van der Waals surface area contributed by atoms with Crippen LogP contribution in [-0.4, -0.2) is 34.2 Å². The summed E-state index contributed by atoms with van der Waals surface area (Å²) in [6.45, 7) is 4.41. The van der Waals surface area contributed by atoms with Gasteiger partial charge in [0.1, 0.15) is 22.6 Å². The maximum atomic E-state index is 13.0. The molecule has 0 radical (unpaired) electrons. The zero-order valence-corrected chi connectivity index (χ0v) is 17.3. The Hall–Kier alpha value is -3.61. The molecule has 0 aliphatic heterocycles. The van der Waals surface area contributed by atoms with Crippen molar-refractivity contribution in [2.75, 3.05) is 19.5 Å². The normalized spacial score (nSPS) is 12.2. The monoisotopic (exact) mass is 404 g/mol. The number of ether oxygens (including phenoxy) is 2. The molecule has 0 bridgehead atoms. The molecule has 2 aromatic heterocycles. The van der Waals surface area contributed by atoms with Crippen molar-refractivity contribution in [1.29, 1.82) is 0 Å². The van der Waals surface area contributed by atoms with Crippen molar-refractivity contribution < 1.29 is 14.3 Å². The molecule has 7 heteroatoms. The Morgan fingerprint density at radius 2 is 1.87 bits per heavy atom. The predicted octanol–water partition coefficient (Wildman–Crippen LogP) is 4.37. The quantitative estimate of drug-likeness (QED) is 0.480. The second-order valence-corrected chi connectivity index (χ2v) is 7.29. The molecule has 2 aromatic carbocycles. The van der Waals surface area contributed by atoms with E-state index in [0.717, 1.165) is 12.1 Å². The van der Waals surface area contributed by atoms with E-state index in [1.165, 1.54) is 0 Å². The number of carbonyl (C=O) groups excluding carboxylic acids is 1. The van der Waals surface area contributed by atoms with Gasteiger partial charge in [-0.3, -0.25) is 4.57 Å². The number of hydrogen-bond acceptors (Lipinski definition) is 6. The van der Waals surface area contributed by atoms with Crippen molar-refractivity contribution in [3.05, 3.63) is 54.1 Å². The van der Waals surface area contributed by atoms with E-state index in [0.29, 0.717) is 34.6 Å². The molecule has 0 saturated carbocycles. The Morgan fingerprint density at radius 3 is 2.57 bits per heavy atom. The van der Waals surface area contributed by atoms with Crippen LogP contribution >= 0.6 is 0 Å². The summed E-state index contributed by atoms with van der Waals surface area (Å²) in [6, 6.07) is 14.9. The summed E-state index contributed by atoms with van der Waals surface area (Å²) in [5.41, 5.74) is 9.75. The molecule has 4 rings (SSSR count). The number of nitrogen functional groups attached to an aromatic ring is 1. The smallest absolute Gasteiger partial charge is 0.344 e. The highest BCUT2D eigenvalue weighted by molar-refractivity contribution is 6.09. The summed E-state index contributed by atoms with van der Waals surface area (Å²) in [4.78, 5) is 22.5. The molecule has 0 saturated heterocycles. The number of nitrogens with zero attached hydrogens (tertiary/aromatic N) is 3. The van der Waals surface area contributed by atoms with Gasteiger partial charge in [0.15, 0.2) is 5.65 Å². The summed E-state index contributed by atoms with van der Waals surface area (Å²) in [5.74, 6) is 0.670. The third-order valence-electron chi connectivity index (χ3n) is 5.21. The summed E-state index contributed by atoms with van der Waals surface area (Å²) in [6.07, 6.45) is 0.915. The van der Waals surface area contributed by atoms with Crippen molar-refractivity contribution in [3.8, 4) is 11.4 Å². The van der Waals surface area contributed by atoms with Crippen molar-refractivity contribution in [3.63, 3.8) is 0 Å². The van der Waals surface area contributed by atoms with Crippen LogP contribution in [0.4, 0.5) is 5.82 Å². The van der Waals surface area contributed by atoms with Gasteiger partial charge in [-0.2, -0.15) is 0 Å². The number of anilines is 1. The molecule has 2 heterocycles. The Kier molecular flexibility index (Phi) is 5.27. The van der Waals surface area contributed by atoms with Crippen LogP contribution in [0.15, 0.2) is 48.5 Å². The third-order valence-corrected chi connectivity index (χ3v) is 5.21. The number of carbonyl (C=O) groups is 1. The molecule has 30 heavy (non-hydrogen) atoms. The van der Waals surface area contributed by atoms with E-state index in [9.17, 15) is 4.79 Å². The van der Waals surface area contributed by atoms with Gasteiger partial charge in [0.05, 0.1) is 30.4 Å². The zero-order chi connectivity index (χ0) is 21.3. The minimum absolute atomic E-state index is 0.231. The summed E-state index contributed by atoms with van der Waals surface area (Å²) in [7, 11) is 1.60. The molecule has 0 spiro atoms. The summed E-state index contributed by atoms with van der Waals surface area (Å²) >= 11 is 0. The number of fused-ring (bicyclic) bond motifs is 2. The SMILES string of the molecule is CC[C@@H](C)COC(=O)c1c(N)n(-c2cccc(OC)c2)c2nc3ccccc3nc12. The van der Waals surface area contributed by atoms with E-state index >= 15 is 0 Å². The van der Waals surface area contributed by atoms with Gasteiger partial charge in [-0.25, -0.2) is 14.8 Å². The largest absolute Gasteiger partial charge is 0.497 e. The maximum Gasteiger partial charge on any atom is 0.344 e. The van der Waals surface area contributed by atoms with Crippen LogP contribution in [0.25, 0.3) is 27.9 Å². The lowest BCUT2D eigenvalue weighted by molar-refractivity contribution is 0.0450. The van der Waals surface area contributed by atoms with Crippen LogP contribution < -0.4 is 10.5 Å². The van der Waals surface area contributed by atoms with E-state index in [1.54, 1.807) is 11.7 Å². The van der Waals surface area contributed by atoms with E-state index in [2.05, 4.69) is 6.92 Å². The van der Waals surface area contributed by atoms with Gasteiger partial charge in [0.2, 0.25) is 0 Å². The van der Waals surface area contributed by atoms with Crippen LogP contribution in [0.5, 0.6) is 5.75 Å². The van der Waals surface area contributed by atoms with Crippen LogP contribution in [0.2, 0.25) is 0 Å². The van der Waals surface area contributed by atoms with Crippen LogP contribution in [0.1, 0.15) is 30.6 Å². The first kappa shape index (κ1) is 19.7. The van der Waals surface area contributed by atoms with E-state index in [-0.39, 0.29) is 17.3 Å². The second-order valence-electron chi connectivity index (χ2n) is 7.29. The Labute approximate surface area is 174 Å². The Balaban J connectivity index is 1.95. The van der Waals surface area contributed by atoms with Crippen LogP contribution in [0.3, 0.4) is 0 Å². The van der Waals surface area contributed by atoms with Gasteiger partial charge < -0.3 is 15.2 Å². The van der Waals surface area contributed by atoms with Crippen LogP contribution in [-0.2, 0) is 4.74 Å². The third kappa shape index (κ3) is 3.43. The van der Waals surface area contributed by atoms with Gasteiger partial charge in [-0.15, -0.1) is 0 Å². The lowest BCUT2D eigenvalue weighted by Crippen LogP contribution is -2.13. The molecule has 0 unspecified atom stereocenters. The fourth-order valence-corrected chi connectivity index (χ4v) is 3.28. The van der Waals surface area contributed by atoms with Crippen molar-refractivity contribution in [1.82, 2.24) is 14.5 Å². The fourth-order valence-electron chi connectivity index (χ4n) is 3.28. The number of methoxy groups -OCH3 is 1. The second kappa shape index (κ2) is 8.02. The van der Waals surface area contributed by atoms with Crippen molar-refractivity contribution >= 4 is 34.0 Å². The van der Waals surface area contributed by atoms with E-state index < -0.39 is 5.97 Å². The number of para-hydroxylation sites is 2. The first-order valence-electron chi connectivity index (χ1n) is 9.91. The molecule has 7 nitrogen and oxygen atoms in total. The van der Waals surface area contributed by atoms with Gasteiger partial charge >= 0.3 is 5.97 Å². The fraction of sp³-hybridized carbons (Fsp3) is 0.261. The number of benzene rings is 2. The number of nitrogens with two attached hydrogens (primary N) is 1. The first-order valence-corrected chi connectivity index (χ1v) is 9.91. The standard InChI is InChI=1S/C23H24N4O3/c1-4-14(2)13-30-23(28)19-20-22(26-18-11-6-5-10-17(18)25-20)27(21(19)24)15-8-7-9-16(12-15)29-3/h5-12,14H,4,13,24H2,1-3H3/t14-/m1/s1. The Morgan fingerprint density at radius 1 is 1.13 bits per heavy atom. The molecule has 0 amide bonds. The average Bonchev–Trinajstić information content (AvgIpc) is 3.06. The first-order chi connectivity index (χ1) is 14.5. The highest BCUT2D eigenvalue weighted by Gasteiger charge is 2.26. The topological polar surface area (TPSA) is 92.3 Å². The molecular formula is C23H24N4O3. The number of rotatable bonds is 6. The van der Waals surface area contributed by atoms with Gasteiger partial charge in [0, 0.05) is 6.07 Å². The van der Waals surface area contributed by atoms with Gasteiger partial charge in [-0.05, 0) is 30.2 Å². The van der Waals surface area contributed by atoms with Crippen molar-refractivity contribution in [2.24, 2.45) is 5.92 Å². The predicted molar refractivity (Wildman–Crippen MR) is 117 cm³/mol. The molecule has 0 fully saturated rings. The summed E-state index contributed by atoms with van der Waals surface area (Å²) < 4.78 is 12.6. The van der Waals surface area contributed by atoms with Gasteiger partial charge in [-0.1, -0.05) is 38.5 Å². The molecule has 1 atom stereocenters. The Bertz CT molecular complexity index is 1230. The molecule has 0 aliphatic rings. The minimum Gasteiger partial charge on any atom is -0.497 e. The average molecular weight is 404 g/mol. The summed E-state index contributed by atoms with van der Waals surface area (Å²) in [5, 5.41) is 0. The maximum absolute atomic E-state index is 13.0. The molecular weight excluding hydrogens is 380 g/mol. The highest BCUT2D eigenvalue weighted by Crippen LogP contribution is 2.32. The van der Waals surface area contributed by atoms with E-state index in [4.69, 9.17) is 25.2 Å². The molecule has 2 N–H and O–H groups in total. The van der Waals surface area contributed by atoms with Crippen molar-refractivity contribution in [2.45, 2.75) is 20.3 Å². The zero-order valence-electron chi connectivity index (χ0n) is 17.3. The van der Waals surface area contributed by atoms with Crippen LogP contribution in [0, 0.1) is 5.92 Å². The number of hydrogen-bond donors (Lipinski definition) is 1. The molecule has 0 aliphatic carbocycles. The lowest BCUT2D eigenvalue weighted by Gasteiger charge is -2.10. The molecule has 4 aromatic rings. The highest BCUT2D eigenvalue weighted by atomic mass is 16.5. The van der Waals surface area contributed by atoms with E-state index in [1.807, 2.05) is 55.5 Å². The number of esters is 1. The molecule has 154 valence electrons.